The molecule has 3 heterocycles. The number of rotatable bonds is 5. The normalized spacial score (nSPS) is 18.7. The fraction of sp³-hybridized carbons (Fsp3) is 0.533. The summed E-state index contributed by atoms with van der Waals surface area (Å²) in [7, 11) is 1.85. The van der Waals surface area contributed by atoms with Gasteiger partial charge in [0.05, 0.1) is 12.6 Å². The molecule has 0 N–H and O–H groups in total. The second-order valence-corrected chi connectivity index (χ2v) is 6.46. The van der Waals surface area contributed by atoms with Gasteiger partial charge in [-0.2, -0.15) is 16.3 Å². The molecule has 6 nitrogen and oxygen atoms in total. The fourth-order valence-electron chi connectivity index (χ4n) is 2.80. The van der Waals surface area contributed by atoms with Gasteiger partial charge >= 0.3 is 0 Å². The number of aromatic nitrogens is 2. The minimum absolute atomic E-state index is 0.0935. The van der Waals surface area contributed by atoms with Gasteiger partial charge in [0.2, 0.25) is 11.8 Å². The second-order valence-electron chi connectivity index (χ2n) is 5.68. The Labute approximate surface area is 133 Å². The van der Waals surface area contributed by atoms with Gasteiger partial charge in [0, 0.05) is 20.5 Å². The molecule has 22 heavy (non-hydrogen) atoms. The Hall–Kier alpha value is -1.73. The number of thiophene rings is 1. The number of aryl methyl sites for hydroxylation is 1. The number of amides is 1. The molecule has 7 heteroatoms. The average Bonchev–Trinajstić information content (AvgIpc) is 3.20. The molecule has 1 saturated heterocycles. The van der Waals surface area contributed by atoms with Crippen LogP contribution in [0.3, 0.4) is 0 Å². The van der Waals surface area contributed by atoms with Crippen LogP contribution in [0, 0.1) is 6.92 Å². The molecule has 1 aliphatic rings. The lowest BCUT2D eigenvalue weighted by Gasteiger charge is -2.24. The molecule has 2 aromatic rings. The molecule has 3 rings (SSSR count). The lowest BCUT2D eigenvalue weighted by atomic mass is 10.2. The lowest BCUT2D eigenvalue weighted by Crippen LogP contribution is -2.38. The number of likely N-dealkylation sites (N-methyl/N-ethyl adjacent to an activating group) is 1. The number of carbonyl (C=O) groups excluding carboxylic acids is 1. The Balaban J connectivity index is 1.60. The third kappa shape index (κ3) is 3.36. The van der Waals surface area contributed by atoms with E-state index in [0.717, 1.165) is 19.4 Å². The van der Waals surface area contributed by atoms with Gasteiger partial charge in [0.25, 0.3) is 0 Å². The van der Waals surface area contributed by atoms with Crippen molar-refractivity contribution in [2.45, 2.75) is 32.4 Å². The Bertz CT molecular complexity index is 625. The number of carbonyl (C=O) groups is 1. The zero-order valence-electron chi connectivity index (χ0n) is 12.9. The van der Waals surface area contributed by atoms with E-state index in [1.807, 2.05) is 12.4 Å². The van der Waals surface area contributed by atoms with Crippen LogP contribution in [0.1, 0.15) is 36.2 Å². The van der Waals surface area contributed by atoms with Gasteiger partial charge in [-0.3, -0.25) is 9.69 Å². The van der Waals surface area contributed by atoms with Gasteiger partial charge in [-0.15, -0.1) is 0 Å². The molecule has 2 aromatic heterocycles. The zero-order chi connectivity index (χ0) is 15.5. The molecule has 1 amide bonds. The first-order chi connectivity index (χ1) is 10.6. The summed E-state index contributed by atoms with van der Waals surface area (Å²) in [6.45, 7) is 3.74. The van der Waals surface area contributed by atoms with Crippen LogP contribution in [-0.2, 0) is 11.3 Å². The van der Waals surface area contributed by atoms with Crippen LogP contribution in [0.2, 0.25) is 0 Å². The van der Waals surface area contributed by atoms with Crippen molar-refractivity contribution in [3.8, 4) is 0 Å². The van der Waals surface area contributed by atoms with Gasteiger partial charge < -0.3 is 9.42 Å². The molecular weight excluding hydrogens is 300 g/mol. The lowest BCUT2D eigenvalue weighted by molar-refractivity contribution is -0.131. The summed E-state index contributed by atoms with van der Waals surface area (Å²) in [6.07, 6.45) is 2.03. The predicted octanol–water partition coefficient (Wildman–Crippen LogP) is 2.24. The zero-order valence-corrected chi connectivity index (χ0v) is 13.7. The standard InChI is InChI=1S/C15H20N4O2S/c1-11-16-15(17-21-11)13-4-3-6-19(13)9-14(20)18(2)8-12-5-7-22-10-12/h5,7,10,13H,3-4,6,8-9H2,1-2H3/t13-/m0/s1. The van der Waals surface area contributed by atoms with E-state index in [2.05, 4.69) is 26.5 Å². The SMILES string of the molecule is Cc1nc([C@@H]2CCCN2CC(=O)N(C)Cc2ccsc2)no1. The van der Waals surface area contributed by atoms with Crippen molar-refractivity contribution in [1.29, 1.82) is 0 Å². The van der Waals surface area contributed by atoms with Crippen LogP contribution in [0.4, 0.5) is 0 Å². The molecule has 0 saturated carbocycles. The Morgan fingerprint density at radius 3 is 3.14 bits per heavy atom. The molecule has 0 aromatic carbocycles. The summed E-state index contributed by atoms with van der Waals surface area (Å²) in [5, 5.41) is 8.11. The summed E-state index contributed by atoms with van der Waals surface area (Å²) >= 11 is 1.65. The topological polar surface area (TPSA) is 62.5 Å². The van der Waals surface area contributed by atoms with Crippen LogP contribution in [0.5, 0.6) is 0 Å². The van der Waals surface area contributed by atoms with Gasteiger partial charge in [-0.05, 0) is 41.8 Å². The Morgan fingerprint density at radius 1 is 1.59 bits per heavy atom. The third-order valence-electron chi connectivity index (χ3n) is 3.97. The number of likely N-dealkylation sites (tertiary alicyclic amines) is 1. The quantitative estimate of drug-likeness (QED) is 0.845. The molecule has 0 bridgehead atoms. The van der Waals surface area contributed by atoms with Crippen molar-refractivity contribution < 1.29 is 9.32 Å². The average molecular weight is 320 g/mol. The first kappa shape index (κ1) is 15.2. The van der Waals surface area contributed by atoms with Crippen LogP contribution >= 0.6 is 11.3 Å². The maximum Gasteiger partial charge on any atom is 0.236 e. The van der Waals surface area contributed by atoms with E-state index in [1.165, 1.54) is 5.56 Å². The highest BCUT2D eigenvalue weighted by molar-refractivity contribution is 7.07. The highest BCUT2D eigenvalue weighted by Crippen LogP contribution is 2.29. The molecule has 0 aliphatic carbocycles. The number of hydrogen-bond acceptors (Lipinski definition) is 6. The largest absolute Gasteiger partial charge is 0.340 e. The van der Waals surface area contributed by atoms with Gasteiger partial charge in [-0.25, -0.2) is 0 Å². The van der Waals surface area contributed by atoms with Crippen molar-refractivity contribution in [3.63, 3.8) is 0 Å². The summed E-state index contributed by atoms with van der Waals surface area (Å²) in [5.41, 5.74) is 1.17. The summed E-state index contributed by atoms with van der Waals surface area (Å²) in [4.78, 5) is 20.7. The monoisotopic (exact) mass is 320 g/mol. The molecule has 1 fully saturated rings. The maximum absolute atomic E-state index is 12.4. The van der Waals surface area contributed by atoms with Crippen LogP contribution < -0.4 is 0 Å². The first-order valence-corrected chi connectivity index (χ1v) is 8.37. The van der Waals surface area contributed by atoms with Gasteiger partial charge in [-0.1, -0.05) is 5.16 Å². The summed E-state index contributed by atoms with van der Waals surface area (Å²) in [6, 6.07) is 2.14. The molecule has 0 spiro atoms. The van der Waals surface area contributed by atoms with Crippen molar-refractivity contribution in [3.05, 3.63) is 34.1 Å². The molecular formula is C15H20N4O2S. The van der Waals surface area contributed by atoms with E-state index in [9.17, 15) is 4.79 Å². The van der Waals surface area contributed by atoms with E-state index >= 15 is 0 Å². The Morgan fingerprint density at radius 2 is 2.45 bits per heavy atom. The van der Waals surface area contributed by atoms with Crippen molar-refractivity contribution in [2.75, 3.05) is 20.1 Å². The van der Waals surface area contributed by atoms with Crippen LogP contribution in [0.15, 0.2) is 21.3 Å². The van der Waals surface area contributed by atoms with Crippen LogP contribution in [0.25, 0.3) is 0 Å². The predicted molar refractivity (Wildman–Crippen MR) is 83.4 cm³/mol. The maximum atomic E-state index is 12.4. The van der Waals surface area contributed by atoms with E-state index in [-0.39, 0.29) is 11.9 Å². The molecule has 1 aliphatic heterocycles. The van der Waals surface area contributed by atoms with Crippen molar-refractivity contribution >= 4 is 17.2 Å². The molecule has 0 unspecified atom stereocenters. The molecule has 0 radical (unpaired) electrons. The smallest absolute Gasteiger partial charge is 0.236 e. The van der Waals surface area contributed by atoms with E-state index in [1.54, 1.807) is 23.2 Å². The summed E-state index contributed by atoms with van der Waals surface area (Å²) < 4.78 is 5.07. The number of nitrogens with zero attached hydrogens (tertiary/aromatic N) is 4. The van der Waals surface area contributed by atoms with Gasteiger partial charge in [0.1, 0.15) is 0 Å². The third-order valence-corrected chi connectivity index (χ3v) is 4.70. The fourth-order valence-corrected chi connectivity index (χ4v) is 3.46. The van der Waals surface area contributed by atoms with E-state index < -0.39 is 0 Å². The van der Waals surface area contributed by atoms with Crippen molar-refractivity contribution in [2.24, 2.45) is 0 Å². The highest BCUT2D eigenvalue weighted by Gasteiger charge is 2.31. The highest BCUT2D eigenvalue weighted by atomic mass is 32.1. The van der Waals surface area contributed by atoms with E-state index in [0.29, 0.717) is 24.8 Å². The molecule has 1 atom stereocenters. The van der Waals surface area contributed by atoms with Gasteiger partial charge in [0.15, 0.2) is 5.82 Å². The van der Waals surface area contributed by atoms with E-state index in [4.69, 9.17) is 4.52 Å². The van der Waals surface area contributed by atoms with Crippen LogP contribution in [-0.4, -0.2) is 46.0 Å². The summed E-state index contributed by atoms with van der Waals surface area (Å²) in [5.74, 6) is 1.39. The minimum atomic E-state index is 0.0935. The second kappa shape index (κ2) is 6.58. The number of hydrogen-bond donors (Lipinski definition) is 0. The first-order valence-electron chi connectivity index (χ1n) is 7.43. The van der Waals surface area contributed by atoms with Crippen molar-refractivity contribution in [1.82, 2.24) is 19.9 Å². The Kier molecular flexibility index (Phi) is 4.54. The molecule has 118 valence electrons. The minimum Gasteiger partial charge on any atom is -0.340 e.